The van der Waals surface area contributed by atoms with Gasteiger partial charge in [0.2, 0.25) is 0 Å². The van der Waals surface area contributed by atoms with E-state index in [0.29, 0.717) is 5.84 Å². The fraction of sp³-hybridized carbons (Fsp3) is 0.0500. The molecule has 0 spiro atoms. The third kappa shape index (κ3) is 4.14. The van der Waals surface area contributed by atoms with E-state index in [1.54, 1.807) is 18.2 Å². The smallest absolute Gasteiger partial charge is 0.284 e. The van der Waals surface area contributed by atoms with E-state index >= 15 is 0 Å². The summed E-state index contributed by atoms with van der Waals surface area (Å²) < 4.78 is 29.5. The summed E-state index contributed by atoms with van der Waals surface area (Å²) in [5.74, 6) is 0.299. The van der Waals surface area contributed by atoms with Gasteiger partial charge in [-0.2, -0.15) is 8.42 Å². The molecule has 0 radical (unpaired) electrons. The molecule has 3 aromatic carbocycles. The minimum Gasteiger partial charge on any atom is -0.339 e. The Kier molecular flexibility index (Phi) is 4.95. The summed E-state index contributed by atoms with van der Waals surface area (Å²) in [5.41, 5.74) is 2.45. The number of amidine groups is 1. The highest BCUT2D eigenvalue weighted by molar-refractivity contribution is 7.90. The average Bonchev–Trinajstić information content (AvgIpc) is 2.63. The Morgan fingerprint density at radius 3 is 2.00 bits per heavy atom. The van der Waals surface area contributed by atoms with Gasteiger partial charge >= 0.3 is 0 Å². The molecule has 0 amide bonds. The molecular formula is C20H18N2O2S. The van der Waals surface area contributed by atoms with Crippen LogP contribution in [0.1, 0.15) is 11.1 Å². The van der Waals surface area contributed by atoms with Crippen LogP contribution < -0.4 is 5.32 Å². The zero-order chi connectivity index (χ0) is 17.7. The van der Waals surface area contributed by atoms with Crippen LogP contribution in [0, 0.1) is 6.92 Å². The molecule has 0 aliphatic heterocycles. The van der Waals surface area contributed by atoms with Gasteiger partial charge in [-0.25, -0.2) is 0 Å². The largest absolute Gasteiger partial charge is 0.339 e. The molecule has 0 aliphatic carbocycles. The van der Waals surface area contributed by atoms with Crippen molar-refractivity contribution < 1.29 is 8.42 Å². The van der Waals surface area contributed by atoms with E-state index < -0.39 is 10.0 Å². The molecule has 126 valence electrons. The van der Waals surface area contributed by atoms with Crippen LogP contribution in [0.25, 0.3) is 0 Å². The molecule has 0 aliphatic rings. The molecule has 4 nitrogen and oxygen atoms in total. The number of benzene rings is 3. The zero-order valence-corrected chi connectivity index (χ0v) is 14.6. The van der Waals surface area contributed by atoms with Crippen molar-refractivity contribution in [1.29, 1.82) is 0 Å². The number of hydrogen-bond acceptors (Lipinski definition) is 2. The highest BCUT2D eigenvalue weighted by Crippen LogP contribution is 2.17. The lowest BCUT2D eigenvalue weighted by molar-refractivity contribution is 0.598. The summed E-state index contributed by atoms with van der Waals surface area (Å²) in [7, 11) is -3.82. The van der Waals surface area contributed by atoms with Crippen molar-refractivity contribution in [3.63, 3.8) is 0 Å². The van der Waals surface area contributed by atoms with Crippen molar-refractivity contribution in [2.45, 2.75) is 11.8 Å². The first kappa shape index (κ1) is 16.9. The molecule has 3 aromatic rings. The van der Waals surface area contributed by atoms with E-state index in [1.807, 2.05) is 61.5 Å². The van der Waals surface area contributed by atoms with Gasteiger partial charge in [-0.3, -0.25) is 0 Å². The minimum absolute atomic E-state index is 0.163. The fourth-order valence-corrected chi connectivity index (χ4v) is 3.39. The van der Waals surface area contributed by atoms with Gasteiger partial charge in [0.05, 0.1) is 4.90 Å². The van der Waals surface area contributed by atoms with Crippen LogP contribution in [-0.2, 0) is 10.0 Å². The van der Waals surface area contributed by atoms with Crippen molar-refractivity contribution in [2.24, 2.45) is 4.40 Å². The van der Waals surface area contributed by atoms with Gasteiger partial charge in [0, 0.05) is 11.3 Å². The molecule has 0 bridgehead atoms. The lowest BCUT2D eigenvalue weighted by Crippen LogP contribution is -2.17. The van der Waals surface area contributed by atoms with E-state index in [-0.39, 0.29) is 4.90 Å². The molecule has 25 heavy (non-hydrogen) atoms. The van der Waals surface area contributed by atoms with Gasteiger partial charge in [0.1, 0.15) is 0 Å². The number of anilines is 1. The SMILES string of the molecule is Cc1ccccc1/C(=N/S(=O)(=O)c1ccccc1)Nc1ccccc1. The van der Waals surface area contributed by atoms with Crippen LogP contribution in [0.15, 0.2) is 94.2 Å². The van der Waals surface area contributed by atoms with Gasteiger partial charge in [-0.1, -0.05) is 60.7 Å². The van der Waals surface area contributed by atoms with Gasteiger partial charge in [0.25, 0.3) is 10.0 Å². The summed E-state index contributed by atoms with van der Waals surface area (Å²) in [4.78, 5) is 0.163. The Bertz CT molecular complexity index is 982. The van der Waals surface area contributed by atoms with Crippen LogP contribution in [0.4, 0.5) is 5.69 Å². The lowest BCUT2D eigenvalue weighted by Gasteiger charge is -2.12. The topological polar surface area (TPSA) is 58.5 Å². The van der Waals surface area contributed by atoms with Crippen LogP contribution in [0.5, 0.6) is 0 Å². The van der Waals surface area contributed by atoms with E-state index in [9.17, 15) is 8.42 Å². The summed E-state index contributed by atoms with van der Waals surface area (Å²) in [6.07, 6.45) is 0. The molecule has 0 heterocycles. The number of rotatable bonds is 4. The molecule has 3 rings (SSSR count). The second kappa shape index (κ2) is 7.32. The van der Waals surface area contributed by atoms with Gasteiger partial charge in [0.15, 0.2) is 5.84 Å². The summed E-state index contributed by atoms with van der Waals surface area (Å²) >= 11 is 0. The molecule has 0 saturated heterocycles. The second-order valence-corrected chi connectivity index (χ2v) is 7.14. The molecule has 1 N–H and O–H groups in total. The fourth-order valence-electron chi connectivity index (χ4n) is 2.40. The first-order valence-electron chi connectivity index (χ1n) is 7.84. The Morgan fingerprint density at radius 1 is 0.800 bits per heavy atom. The van der Waals surface area contributed by atoms with Crippen LogP contribution in [0.2, 0.25) is 0 Å². The normalized spacial score (nSPS) is 12.0. The Morgan fingerprint density at radius 2 is 1.36 bits per heavy atom. The first-order chi connectivity index (χ1) is 12.1. The van der Waals surface area contributed by atoms with E-state index in [4.69, 9.17) is 0 Å². The molecule has 0 atom stereocenters. The second-order valence-electron chi connectivity index (χ2n) is 5.53. The van der Waals surface area contributed by atoms with Crippen LogP contribution >= 0.6 is 0 Å². The number of nitrogens with one attached hydrogen (secondary N) is 1. The summed E-state index contributed by atoms with van der Waals surface area (Å²) in [5, 5.41) is 3.13. The third-order valence-electron chi connectivity index (χ3n) is 3.69. The highest BCUT2D eigenvalue weighted by Gasteiger charge is 2.16. The summed E-state index contributed by atoms with van der Waals surface area (Å²) in [6.45, 7) is 1.92. The average molecular weight is 350 g/mol. The summed E-state index contributed by atoms with van der Waals surface area (Å²) in [6, 6.07) is 25.1. The third-order valence-corrected chi connectivity index (χ3v) is 4.98. The first-order valence-corrected chi connectivity index (χ1v) is 9.28. The van der Waals surface area contributed by atoms with Crippen molar-refractivity contribution in [1.82, 2.24) is 0 Å². The highest BCUT2D eigenvalue weighted by atomic mass is 32.2. The monoisotopic (exact) mass is 350 g/mol. The number of aryl methyl sites for hydroxylation is 1. The predicted octanol–water partition coefficient (Wildman–Crippen LogP) is 4.24. The molecule has 5 heteroatoms. The van der Waals surface area contributed by atoms with E-state index in [1.165, 1.54) is 12.1 Å². The van der Waals surface area contributed by atoms with Gasteiger partial charge in [-0.15, -0.1) is 4.40 Å². The standard InChI is InChI=1S/C20H18N2O2S/c1-16-10-8-9-15-19(16)20(21-17-11-4-2-5-12-17)22-25(23,24)18-13-6-3-7-14-18/h2-15H,1H3,(H,21,22). The number of hydrogen-bond donors (Lipinski definition) is 1. The maximum Gasteiger partial charge on any atom is 0.284 e. The minimum atomic E-state index is -3.82. The number of para-hydroxylation sites is 1. The molecule has 0 aromatic heterocycles. The van der Waals surface area contributed by atoms with Crippen molar-refractivity contribution in [2.75, 3.05) is 5.32 Å². The van der Waals surface area contributed by atoms with Crippen LogP contribution in [0.3, 0.4) is 0 Å². The molecular weight excluding hydrogens is 332 g/mol. The Labute approximate surface area is 147 Å². The van der Waals surface area contributed by atoms with E-state index in [2.05, 4.69) is 9.71 Å². The number of nitrogens with zero attached hydrogens (tertiary/aromatic N) is 1. The quantitative estimate of drug-likeness (QED) is 0.565. The van der Waals surface area contributed by atoms with Gasteiger partial charge in [-0.05, 0) is 36.8 Å². The van der Waals surface area contributed by atoms with Crippen molar-refractivity contribution in [3.05, 3.63) is 96.1 Å². The van der Waals surface area contributed by atoms with Crippen LogP contribution in [-0.4, -0.2) is 14.3 Å². The predicted molar refractivity (Wildman–Crippen MR) is 101 cm³/mol. The van der Waals surface area contributed by atoms with Crippen molar-refractivity contribution in [3.8, 4) is 0 Å². The zero-order valence-electron chi connectivity index (χ0n) is 13.8. The van der Waals surface area contributed by atoms with Gasteiger partial charge < -0.3 is 5.32 Å². The number of sulfonamides is 1. The Hall–Kier alpha value is -2.92. The van der Waals surface area contributed by atoms with Crippen molar-refractivity contribution >= 4 is 21.5 Å². The molecule has 0 unspecified atom stereocenters. The molecule has 0 saturated carbocycles. The lowest BCUT2D eigenvalue weighted by atomic mass is 10.1. The Balaban J connectivity index is 2.09. The molecule has 0 fully saturated rings. The maximum absolute atomic E-state index is 12.7. The van der Waals surface area contributed by atoms with E-state index in [0.717, 1.165) is 16.8 Å². The maximum atomic E-state index is 12.7.